The summed E-state index contributed by atoms with van der Waals surface area (Å²) in [5.41, 5.74) is 6.09. The van der Waals surface area contributed by atoms with Gasteiger partial charge in [0.2, 0.25) is 0 Å². The molecule has 2 aromatic carbocycles. The summed E-state index contributed by atoms with van der Waals surface area (Å²) in [5.74, 6) is 0. The van der Waals surface area contributed by atoms with Gasteiger partial charge in [0.25, 0.3) is 0 Å². The Morgan fingerprint density at radius 1 is 1.04 bits per heavy atom. The molecule has 23 heavy (non-hydrogen) atoms. The Bertz CT molecular complexity index is 989. The predicted octanol–water partition coefficient (Wildman–Crippen LogP) is 4.89. The zero-order valence-corrected chi connectivity index (χ0v) is 13.7. The third-order valence-corrected chi connectivity index (χ3v) is 4.61. The molecule has 2 aromatic heterocycles. The molecule has 0 aliphatic rings. The standard InChI is InChI=1S/C18H16N4S/c1-11-9-16(22-12-3-5-13(23-2)6-4-12)17-14(21-11)7-8-15-18(17)20-10-19-15/h3-10,21-22H,1-2H3. The van der Waals surface area contributed by atoms with Gasteiger partial charge in [0.15, 0.2) is 0 Å². The lowest BCUT2D eigenvalue weighted by atomic mass is 10.1. The van der Waals surface area contributed by atoms with Crippen LogP contribution in [-0.2, 0) is 0 Å². The number of aryl methyl sites for hydroxylation is 1. The summed E-state index contributed by atoms with van der Waals surface area (Å²) in [6, 6.07) is 14.6. The summed E-state index contributed by atoms with van der Waals surface area (Å²) in [6.07, 6.45) is 3.69. The maximum atomic E-state index is 4.43. The fourth-order valence-electron chi connectivity index (χ4n) is 2.81. The monoisotopic (exact) mass is 320 g/mol. The molecule has 2 N–H and O–H groups in total. The number of hydrogen-bond donors (Lipinski definition) is 2. The fraction of sp³-hybridized carbons (Fsp3) is 0.111. The zero-order chi connectivity index (χ0) is 15.8. The molecule has 0 aliphatic carbocycles. The molecule has 0 unspecified atom stereocenters. The highest BCUT2D eigenvalue weighted by atomic mass is 32.2. The number of nitrogens with zero attached hydrogens (tertiary/aromatic N) is 2. The SMILES string of the molecule is CSc1ccc(Nc2cc(C)[nH]c3ccc4ncnc4c23)cc1. The Balaban J connectivity index is 1.88. The number of hydrogen-bond acceptors (Lipinski definition) is 4. The second kappa shape index (κ2) is 5.59. The van der Waals surface area contributed by atoms with Crippen molar-refractivity contribution in [1.82, 2.24) is 15.0 Å². The van der Waals surface area contributed by atoms with E-state index in [2.05, 4.69) is 69.8 Å². The van der Waals surface area contributed by atoms with Gasteiger partial charge in [-0.1, -0.05) is 0 Å². The van der Waals surface area contributed by atoms with E-state index < -0.39 is 0 Å². The summed E-state index contributed by atoms with van der Waals surface area (Å²) in [5, 5.41) is 4.59. The molecule has 0 bridgehead atoms. The van der Waals surface area contributed by atoms with E-state index in [9.17, 15) is 0 Å². The van der Waals surface area contributed by atoms with E-state index in [-0.39, 0.29) is 0 Å². The van der Waals surface area contributed by atoms with Gasteiger partial charge in [-0.05, 0) is 55.6 Å². The lowest BCUT2D eigenvalue weighted by Gasteiger charge is -2.12. The van der Waals surface area contributed by atoms with Crippen LogP contribution >= 0.6 is 11.8 Å². The topological polar surface area (TPSA) is 53.6 Å². The van der Waals surface area contributed by atoms with Crippen LogP contribution in [0.1, 0.15) is 5.69 Å². The molecule has 4 nitrogen and oxygen atoms in total. The molecule has 114 valence electrons. The zero-order valence-electron chi connectivity index (χ0n) is 12.9. The number of aromatic nitrogens is 3. The number of nitrogens with one attached hydrogen (secondary N) is 2. The van der Waals surface area contributed by atoms with Crippen LogP contribution in [0.25, 0.3) is 21.9 Å². The average Bonchev–Trinajstić information content (AvgIpc) is 3.03. The largest absolute Gasteiger partial charge is 0.358 e. The molecular weight excluding hydrogens is 304 g/mol. The Morgan fingerprint density at radius 3 is 2.65 bits per heavy atom. The second-order valence-electron chi connectivity index (χ2n) is 5.45. The maximum Gasteiger partial charge on any atom is 0.116 e. The first kappa shape index (κ1) is 14.1. The van der Waals surface area contributed by atoms with Crippen molar-refractivity contribution in [3.63, 3.8) is 0 Å². The van der Waals surface area contributed by atoms with Gasteiger partial charge in [0, 0.05) is 27.2 Å². The van der Waals surface area contributed by atoms with Crippen LogP contribution in [-0.4, -0.2) is 21.2 Å². The first-order valence-electron chi connectivity index (χ1n) is 7.39. The summed E-state index contributed by atoms with van der Waals surface area (Å²) in [7, 11) is 0. The van der Waals surface area contributed by atoms with Gasteiger partial charge >= 0.3 is 0 Å². The smallest absolute Gasteiger partial charge is 0.116 e. The second-order valence-corrected chi connectivity index (χ2v) is 6.33. The van der Waals surface area contributed by atoms with Crippen LogP contribution < -0.4 is 5.32 Å². The van der Waals surface area contributed by atoms with Crippen LogP contribution in [0.3, 0.4) is 0 Å². The normalized spacial score (nSPS) is 11.2. The number of pyridine rings is 1. The highest BCUT2D eigenvalue weighted by Gasteiger charge is 2.10. The van der Waals surface area contributed by atoms with Crippen molar-refractivity contribution in [2.75, 3.05) is 11.6 Å². The highest BCUT2D eigenvalue weighted by Crippen LogP contribution is 2.31. The molecular formula is C18H16N4S. The van der Waals surface area contributed by atoms with Crippen LogP contribution in [0.5, 0.6) is 0 Å². The number of anilines is 2. The van der Waals surface area contributed by atoms with Gasteiger partial charge in [-0.3, -0.25) is 0 Å². The van der Waals surface area contributed by atoms with E-state index in [1.807, 2.05) is 6.07 Å². The van der Waals surface area contributed by atoms with Crippen LogP contribution in [0.2, 0.25) is 0 Å². The van der Waals surface area contributed by atoms with Gasteiger partial charge in [-0.2, -0.15) is 0 Å². The number of H-pyrrole nitrogens is 1. The van der Waals surface area contributed by atoms with E-state index >= 15 is 0 Å². The van der Waals surface area contributed by atoms with E-state index in [1.54, 1.807) is 18.1 Å². The number of thioether (sulfide) groups is 1. The first-order valence-corrected chi connectivity index (χ1v) is 8.61. The maximum absolute atomic E-state index is 4.43. The lowest BCUT2D eigenvalue weighted by molar-refractivity contribution is 1.25. The van der Waals surface area contributed by atoms with Crippen molar-refractivity contribution < 1.29 is 0 Å². The first-order chi connectivity index (χ1) is 11.2. The van der Waals surface area contributed by atoms with Crippen molar-refractivity contribution in [3.05, 3.63) is 54.5 Å². The molecule has 0 amide bonds. The number of rotatable bonds is 3. The molecule has 0 fully saturated rings. The van der Waals surface area contributed by atoms with Crippen molar-refractivity contribution in [3.8, 4) is 0 Å². The molecule has 2 heterocycles. The van der Waals surface area contributed by atoms with Crippen LogP contribution in [0, 0.1) is 6.92 Å². The quantitative estimate of drug-likeness (QED) is 0.528. The fourth-order valence-corrected chi connectivity index (χ4v) is 3.21. The number of imidazole rings is 1. The molecule has 0 atom stereocenters. The molecule has 0 saturated heterocycles. The van der Waals surface area contributed by atoms with Gasteiger partial charge < -0.3 is 10.3 Å². The molecule has 0 aliphatic heterocycles. The summed E-state index contributed by atoms with van der Waals surface area (Å²) >= 11 is 1.74. The Labute approximate surface area is 138 Å². The van der Waals surface area contributed by atoms with Gasteiger partial charge in [0.1, 0.15) is 11.8 Å². The number of aromatic amines is 1. The van der Waals surface area contributed by atoms with Crippen LogP contribution in [0.15, 0.2) is 53.7 Å². The highest BCUT2D eigenvalue weighted by molar-refractivity contribution is 7.98. The minimum absolute atomic E-state index is 0.913. The lowest BCUT2D eigenvalue weighted by Crippen LogP contribution is -1.95. The van der Waals surface area contributed by atoms with Crippen molar-refractivity contribution in [1.29, 1.82) is 0 Å². The minimum Gasteiger partial charge on any atom is -0.358 e. The van der Waals surface area contributed by atoms with Crippen molar-refractivity contribution in [2.24, 2.45) is 0 Å². The van der Waals surface area contributed by atoms with Crippen molar-refractivity contribution in [2.45, 2.75) is 11.8 Å². The number of benzene rings is 2. The average molecular weight is 320 g/mol. The molecule has 0 spiro atoms. The summed E-state index contributed by atoms with van der Waals surface area (Å²) in [4.78, 5) is 13.4. The van der Waals surface area contributed by atoms with Gasteiger partial charge in [0.05, 0.1) is 11.2 Å². The number of fused-ring (bicyclic) bond motifs is 3. The van der Waals surface area contributed by atoms with Crippen LogP contribution in [0.4, 0.5) is 11.4 Å². The minimum atomic E-state index is 0.913. The third-order valence-electron chi connectivity index (χ3n) is 3.87. The van der Waals surface area contributed by atoms with E-state index in [0.29, 0.717) is 0 Å². The van der Waals surface area contributed by atoms with Gasteiger partial charge in [-0.25, -0.2) is 9.97 Å². The van der Waals surface area contributed by atoms with E-state index in [0.717, 1.165) is 39.0 Å². The van der Waals surface area contributed by atoms with E-state index in [1.165, 1.54) is 4.90 Å². The molecule has 4 aromatic rings. The molecule has 0 saturated carbocycles. The third kappa shape index (κ3) is 2.53. The van der Waals surface area contributed by atoms with Crippen molar-refractivity contribution >= 4 is 45.1 Å². The van der Waals surface area contributed by atoms with E-state index in [4.69, 9.17) is 0 Å². The molecule has 4 rings (SSSR count). The predicted molar refractivity (Wildman–Crippen MR) is 97.6 cm³/mol. The molecule has 0 radical (unpaired) electrons. The Hall–Kier alpha value is -2.53. The Kier molecular flexibility index (Phi) is 3.42. The Morgan fingerprint density at radius 2 is 1.87 bits per heavy atom. The molecule has 5 heteroatoms. The van der Waals surface area contributed by atoms with Gasteiger partial charge in [-0.15, -0.1) is 11.8 Å². The summed E-state index contributed by atoms with van der Waals surface area (Å²) < 4.78 is 0. The summed E-state index contributed by atoms with van der Waals surface area (Å²) in [6.45, 7) is 2.06.